The molecule has 1 heterocycles. The van der Waals surface area contributed by atoms with Crippen molar-refractivity contribution in [2.45, 2.75) is 19.9 Å². The molecule has 1 N–H and O–H groups in total. The Morgan fingerprint density at radius 3 is 2.91 bits per heavy atom. The first-order valence-corrected chi connectivity index (χ1v) is 3.96. The minimum absolute atomic E-state index is 0.347. The zero-order valence-corrected chi connectivity index (χ0v) is 7.33. The van der Waals surface area contributed by atoms with Crippen LogP contribution in [-0.2, 0) is 7.05 Å². The van der Waals surface area contributed by atoms with E-state index in [1.54, 1.807) is 0 Å². The molecule has 1 unspecified atom stereocenters. The molecule has 1 aromatic heterocycles. The van der Waals surface area contributed by atoms with Gasteiger partial charge >= 0.3 is 0 Å². The highest BCUT2D eigenvalue weighted by Gasteiger charge is 2.06. The number of nitrogens with zero attached hydrogens (tertiary/aromatic N) is 2. The van der Waals surface area contributed by atoms with Gasteiger partial charge in [-0.3, -0.25) is 0 Å². The fourth-order valence-corrected chi connectivity index (χ4v) is 1.19. The Bertz CT molecular complexity index is 217. The van der Waals surface area contributed by atoms with Crippen LogP contribution in [-0.4, -0.2) is 16.1 Å². The van der Waals surface area contributed by atoms with Gasteiger partial charge in [-0.05, 0) is 13.5 Å². The summed E-state index contributed by atoms with van der Waals surface area (Å²) in [5, 5.41) is 3.31. The van der Waals surface area contributed by atoms with E-state index in [1.165, 1.54) is 0 Å². The Morgan fingerprint density at radius 1 is 1.73 bits per heavy atom. The Balaban J connectivity index is 2.67. The Hall–Kier alpha value is -0.830. The lowest BCUT2D eigenvalue weighted by Gasteiger charge is -2.11. The smallest absolute Gasteiger partial charge is 0.125 e. The van der Waals surface area contributed by atoms with Crippen molar-refractivity contribution in [1.29, 1.82) is 0 Å². The third-order valence-electron chi connectivity index (χ3n) is 1.76. The van der Waals surface area contributed by atoms with Crippen LogP contribution in [0.2, 0.25) is 0 Å². The van der Waals surface area contributed by atoms with E-state index in [2.05, 4.69) is 24.1 Å². The van der Waals surface area contributed by atoms with Gasteiger partial charge in [0, 0.05) is 19.4 Å². The molecule has 0 bridgehead atoms. The van der Waals surface area contributed by atoms with Crippen LogP contribution in [0.5, 0.6) is 0 Å². The van der Waals surface area contributed by atoms with E-state index in [1.807, 2.05) is 24.0 Å². The maximum absolute atomic E-state index is 4.23. The number of aromatic nitrogens is 2. The lowest BCUT2D eigenvalue weighted by Crippen LogP contribution is -2.20. The second-order valence-electron chi connectivity index (χ2n) is 2.68. The summed E-state index contributed by atoms with van der Waals surface area (Å²) >= 11 is 0. The Morgan fingerprint density at radius 2 is 2.45 bits per heavy atom. The molecule has 0 aliphatic carbocycles. The molecule has 1 atom stereocenters. The summed E-state index contributed by atoms with van der Waals surface area (Å²) in [5.74, 6) is 1.09. The Kier molecular flexibility index (Phi) is 2.65. The molecule has 0 fully saturated rings. The van der Waals surface area contributed by atoms with Crippen molar-refractivity contribution in [3.63, 3.8) is 0 Å². The van der Waals surface area contributed by atoms with Gasteiger partial charge in [0.05, 0.1) is 6.04 Å². The fraction of sp³-hybridized carbons (Fsp3) is 0.625. The molecule has 0 amide bonds. The molecule has 3 nitrogen and oxygen atoms in total. The van der Waals surface area contributed by atoms with Gasteiger partial charge < -0.3 is 9.88 Å². The van der Waals surface area contributed by atoms with Crippen molar-refractivity contribution in [2.75, 3.05) is 6.54 Å². The largest absolute Gasteiger partial charge is 0.337 e. The summed E-state index contributed by atoms with van der Waals surface area (Å²) in [6, 6.07) is 0.347. The third-order valence-corrected chi connectivity index (χ3v) is 1.76. The molecule has 0 radical (unpaired) electrons. The van der Waals surface area contributed by atoms with Crippen molar-refractivity contribution in [3.8, 4) is 0 Å². The second-order valence-corrected chi connectivity index (χ2v) is 2.68. The predicted molar refractivity (Wildman–Crippen MR) is 45.3 cm³/mol. The average Bonchev–Trinajstić information content (AvgIpc) is 2.36. The van der Waals surface area contributed by atoms with Crippen LogP contribution in [0.4, 0.5) is 0 Å². The molecule has 0 spiro atoms. The average molecular weight is 153 g/mol. The van der Waals surface area contributed by atoms with E-state index >= 15 is 0 Å². The van der Waals surface area contributed by atoms with Gasteiger partial charge in [0.2, 0.25) is 0 Å². The van der Waals surface area contributed by atoms with E-state index in [0.717, 1.165) is 12.4 Å². The lowest BCUT2D eigenvalue weighted by molar-refractivity contribution is 0.548. The minimum Gasteiger partial charge on any atom is -0.337 e. The van der Waals surface area contributed by atoms with Crippen molar-refractivity contribution in [2.24, 2.45) is 7.05 Å². The summed E-state index contributed by atoms with van der Waals surface area (Å²) in [6.45, 7) is 5.19. The molecule has 1 rings (SSSR count). The molecule has 0 aliphatic heterocycles. The molecule has 3 heteroatoms. The number of aryl methyl sites for hydroxylation is 1. The molecule has 62 valence electrons. The number of nitrogens with one attached hydrogen (secondary N) is 1. The van der Waals surface area contributed by atoms with Crippen molar-refractivity contribution in [3.05, 3.63) is 18.2 Å². The summed E-state index contributed by atoms with van der Waals surface area (Å²) in [6.07, 6.45) is 3.78. The molecule has 11 heavy (non-hydrogen) atoms. The topological polar surface area (TPSA) is 29.9 Å². The first-order chi connectivity index (χ1) is 5.25. The quantitative estimate of drug-likeness (QED) is 0.704. The first-order valence-electron chi connectivity index (χ1n) is 3.96. The van der Waals surface area contributed by atoms with Crippen LogP contribution >= 0.6 is 0 Å². The monoisotopic (exact) mass is 153 g/mol. The lowest BCUT2D eigenvalue weighted by atomic mass is 10.3. The molecule has 1 aromatic rings. The predicted octanol–water partition coefficient (Wildman–Crippen LogP) is 1.09. The summed E-state index contributed by atoms with van der Waals surface area (Å²) in [5.41, 5.74) is 0. The highest BCUT2D eigenvalue weighted by molar-refractivity contribution is 4.96. The molecular weight excluding hydrogens is 138 g/mol. The van der Waals surface area contributed by atoms with Crippen molar-refractivity contribution < 1.29 is 0 Å². The molecule has 0 saturated heterocycles. The first kappa shape index (κ1) is 8.27. The van der Waals surface area contributed by atoms with Crippen molar-refractivity contribution in [1.82, 2.24) is 14.9 Å². The number of hydrogen-bond acceptors (Lipinski definition) is 2. The highest BCUT2D eigenvalue weighted by Crippen LogP contribution is 2.06. The van der Waals surface area contributed by atoms with Gasteiger partial charge in [0.25, 0.3) is 0 Å². The SMILES string of the molecule is CCNC(C)c1nccn1C. The van der Waals surface area contributed by atoms with Crippen LogP contribution in [0.3, 0.4) is 0 Å². The maximum Gasteiger partial charge on any atom is 0.125 e. The standard InChI is InChI=1S/C8H15N3/c1-4-9-7(2)8-10-5-6-11(8)3/h5-7,9H,4H2,1-3H3. The second kappa shape index (κ2) is 3.53. The summed E-state index contributed by atoms with van der Waals surface area (Å²) < 4.78 is 2.04. The van der Waals surface area contributed by atoms with Gasteiger partial charge in [-0.25, -0.2) is 4.98 Å². The van der Waals surface area contributed by atoms with E-state index in [0.29, 0.717) is 6.04 Å². The van der Waals surface area contributed by atoms with Gasteiger partial charge in [-0.15, -0.1) is 0 Å². The number of rotatable bonds is 3. The maximum atomic E-state index is 4.23. The minimum atomic E-state index is 0.347. The van der Waals surface area contributed by atoms with Crippen LogP contribution in [0, 0.1) is 0 Å². The Labute approximate surface area is 67.4 Å². The number of imidazole rings is 1. The van der Waals surface area contributed by atoms with Gasteiger partial charge in [-0.2, -0.15) is 0 Å². The third kappa shape index (κ3) is 1.80. The van der Waals surface area contributed by atoms with Crippen LogP contribution in [0.1, 0.15) is 25.7 Å². The van der Waals surface area contributed by atoms with Gasteiger partial charge in [-0.1, -0.05) is 6.92 Å². The van der Waals surface area contributed by atoms with E-state index in [-0.39, 0.29) is 0 Å². The van der Waals surface area contributed by atoms with E-state index < -0.39 is 0 Å². The van der Waals surface area contributed by atoms with Gasteiger partial charge in [0.1, 0.15) is 5.82 Å². The highest BCUT2D eigenvalue weighted by atomic mass is 15.1. The fourth-order valence-electron chi connectivity index (χ4n) is 1.19. The zero-order valence-electron chi connectivity index (χ0n) is 7.33. The zero-order chi connectivity index (χ0) is 8.27. The number of hydrogen-bond donors (Lipinski definition) is 1. The normalized spacial score (nSPS) is 13.4. The van der Waals surface area contributed by atoms with E-state index in [4.69, 9.17) is 0 Å². The van der Waals surface area contributed by atoms with Crippen LogP contribution in [0.25, 0.3) is 0 Å². The van der Waals surface area contributed by atoms with Crippen LogP contribution < -0.4 is 5.32 Å². The molecule has 0 aliphatic rings. The van der Waals surface area contributed by atoms with Crippen molar-refractivity contribution >= 4 is 0 Å². The van der Waals surface area contributed by atoms with Crippen LogP contribution in [0.15, 0.2) is 12.4 Å². The summed E-state index contributed by atoms with van der Waals surface area (Å²) in [4.78, 5) is 4.23. The summed E-state index contributed by atoms with van der Waals surface area (Å²) in [7, 11) is 2.01. The van der Waals surface area contributed by atoms with Gasteiger partial charge in [0.15, 0.2) is 0 Å². The van der Waals surface area contributed by atoms with E-state index in [9.17, 15) is 0 Å². The molecule has 0 saturated carbocycles. The molecular formula is C8H15N3. The molecule has 0 aromatic carbocycles.